The van der Waals surface area contributed by atoms with Crippen molar-refractivity contribution in [3.05, 3.63) is 182 Å². The molecular formula is C52H30S2. The lowest BCUT2D eigenvalue weighted by Gasteiger charge is -2.19. The fraction of sp³-hybridized carbons (Fsp3) is 0. The third-order valence-corrected chi connectivity index (χ3v) is 13.8. The first-order valence-corrected chi connectivity index (χ1v) is 20.1. The van der Waals surface area contributed by atoms with Gasteiger partial charge >= 0.3 is 0 Å². The Bertz CT molecular complexity index is 3440. The lowest BCUT2D eigenvalue weighted by molar-refractivity contribution is 1.63. The minimum absolute atomic E-state index is 1.23. The first kappa shape index (κ1) is 30.2. The van der Waals surface area contributed by atoms with Gasteiger partial charge in [-0.2, -0.15) is 0 Å². The van der Waals surface area contributed by atoms with Crippen LogP contribution >= 0.6 is 22.7 Å². The van der Waals surface area contributed by atoms with Crippen LogP contribution in [-0.4, -0.2) is 0 Å². The normalized spacial score (nSPS) is 12.1. The quantitative estimate of drug-likeness (QED) is 0.160. The molecule has 0 saturated heterocycles. The summed E-state index contributed by atoms with van der Waals surface area (Å²) in [6, 6.07) is 67.9. The third kappa shape index (κ3) is 4.42. The van der Waals surface area contributed by atoms with Crippen molar-refractivity contribution in [3.63, 3.8) is 0 Å². The van der Waals surface area contributed by atoms with Crippen LogP contribution in [0.1, 0.15) is 0 Å². The number of fused-ring (bicyclic) bond motifs is 11. The molecule has 0 spiro atoms. The van der Waals surface area contributed by atoms with Crippen molar-refractivity contribution in [2.75, 3.05) is 0 Å². The van der Waals surface area contributed by atoms with E-state index >= 15 is 0 Å². The van der Waals surface area contributed by atoms with Gasteiger partial charge in [-0.1, -0.05) is 146 Å². The highest BCUT2D eigenvalue weighted by Gasteiger charge is 2.19. The van der Waals surface area contributed by atoms with Gasteiger partial charge in [-0.3, -0.25) is 0 Å². The van der Waals surface area contributed by atoms with E-state index < -0.39 is 0 Å². The summed E-state index contributed by atoms with van der Waals surface area (Å²) in [6.07, 6.45) is 0. The Morgan fingerprint density at radius 3 is 1.69 bits per heavy atom. The molecule has 2 aromatic heterocycles. The van der Waals surface area contributed by atoms with Crippen LogP contribution in [0.15, 0.2) is 182 Å². The summed E-state index contributed by atoms with van der Waals surface area (Å²) in [6.45, 7) is 0. The zero-order valence-corrected chi connectivity index (χ0v) is 30.8. The molecular weight excluding hydrogens is 689 g/mol. The van der Waals surface area contributed by atoms with E-state index in [1.54, 1.807) is 0 Å². The maximum atomic E-state index is 2.44. The van der Waals surface area contributed by atoms with Crippen LogP contribution in [0.3, 0.4) is 0 Å². The zero-order valence-electron chi connectivity index (χ0n) is 29.1. The lowest BCUT2D eigenvalue weighted by Crippen LogP contribution is -1.92. The van der Waals surface area contributed by atoms with Crippen molar-refractivity contribution < 1.29 is 0 Å². The fourth-order valence-corrected chi connectivity index (χ4v) is 11.3. The summed E-state index contributed by atoms with van der Waals surface area (Å²) < 4.78 is 5.41. The Balaban J connectivity index is 1.04. The first-order valence-electron chi connectivity index (χ1n) is 18.5. The molecule has 0 N–H and O–H groups in total. The van der Waals surface area contributed by atoms with Crippen LogP contribution in [-0.2, 0) is 0 Å². The van der Waals surface area contributed by atoms with Gasteiger partial charge in [0.1, 0.15) is 0 Å². The second-order valence-electron chi connectivity index (χ2n) is 14.4. The van der Waals surface area contributed by atoms with Crippen molar-refractivity contribution in [2.45, 2.75) is 0 Å². The van der Waals surface area contributed by atoms with Gasteiger partial charge in [-0.25, -0.2) is 0 Å². The zero-order chi connectivity index (χ0) is 35.3. The monoisotopic (exact) mass is 718 g/mol. The van der Waals surface area contributed by atoms with Gasteiger partial charge in [0.2, 0.25) is 0 Å². The molecule has 0 bridgehead atoms. The van der Waals surface area contributed by atoms with Gasteiger partial charge in [0.05, 0.1) is 0 Å². The van der Waals surface area contributed by atoms with Crippen LogP contribution in [0, 0.1) is 0 Å². The van der Waals surface area contributed by atoms with E-state index in [4.69, 9.17) is 0 Å². The van der Waals surface area contributed by atoms with Crippen molar-refractivity contribution in [2.24, 2.45) is 0 Å². The molecule has 10 aromatic carbocycles. The highest BCUT2D eigenvalue weighted by molar-refractivity contribution is 7.27. The molecule has 2 heterocycles. The van der Waals surface area contributed by atoms with Crippen LogP contribution in [0.5, 0.6) is 0 Å². The van der Waals surface area contributed by atoms with E-state index in [2.05, 4.69) is 182 Å². The molecule has 0 amide bonds. The minimum Gasteiger partial charge on any atom is -0.135 e. The summed E-state index contributed by atoms with van der Waals surface area (Å²) in [7, 11) is 0. The lowest BCUT2D eigenvalue weighted by atomic mass is 9.84. The van der Waals surface area contributed by atoms with E-state index in [1.165, 1.54) is 117 Å². The van der Waals surface area contributed by atoms with Crippen molar-refractivity contribution in [1.29, 1.82) is 0 Å². The summed E-state index contributed by atoms with van der Waals surface area (Å²) in [5.74, 6) is 0. The second kappa shape index (κ2) is 11.6. The van der Waals surface area contributed by atoms with Crippen LogP contribution in [0.2, 0.25) is 0 Å². The number of thiophene rings is 2. The number of benzene rings is 10. The smallest absolute Gasteiger partial charge is 0.0434 e. The molecule has 12 rings (SSSR count). The SMILES string of the molecule is c1cc(-c2ccc3sc4cc5c(ccc6c7ccccc7sc56)cc4c3c2)cc(-c2c3ccccc3c(-c3cccc4ccccc34)c3ccccc23)c1. The molecule has 0 aliphatic rings. The summed E-state index contributed by atoms with van der Waals surface area (Å²) in [4.78, 5) is 0. The standard InChI is InChI=1S/C52H30S2/c1-2-15-36-31(11-1)12-10-21-38(36)51-41-19-5-3-17-39(41)50(40-18-4-6-20-42(40)51)35-14-9-13-32(27-35)33-24-26-48-45(28-33)46-29-34-23-25-43-37-16-7-8-22-47(37)54-52(43)44(34)30-49(46)53-48/h1-30H. The molecule has 250 valence electrons. The number of hydrogen-bond donors (Lipinski definition) is 0. The Morgan fingerprint density at radius 2 is 0.870 bits per heavy atom. The van der Waals surface area contributed by atoms with Gasteiger partial charge in [0.15, 0.2) is 0 Å². The van der Waals surface area contributed by atoms with E-state index in [0.717, 1.165) is 0 Å². The van der Waals surface area contributed by atoms with Crippen molar-refractivity contribution in [3.8, 4) is 33.4 Å². The molecule has 12 aromatic rings. The number of rotatable bonds is 3. The highest BCUT2D eigenvalue weighted by atomic mass is 32.1. The summed E-state index contributed by atoms with van der Waals surface area (Å²) in [5, 5.41) is 15.7. The third-order valence-electron chi connectivity index (χ3n) is 11.4. The Morgan fingerprint density at radius 1 is 0.259 bits per heavy atom. The average Bonchev–Trinajstić information content (AvgIpc) is 3.79. The average molecular weight is 719 g/mol. The minimum atomic E-state index is 1.23. The molecule has 2 heteroatoms. The first-order chi connectivity index (χ1) is 26.8. The second-order valence-corrected chi connectivity index (χ2v) is 16.5. The molecule has 0 aliphatic heterocycles. The summed E-state index contributed by atoms with van der Waals surface area (Å²) >= 11 is 3.81. The molecule has 0 atom stereocenters. The van der Waals surface area contributed by atoms with Crippen LogP contribution in [0.25, 0.3) is 117 Å². The predicted octanol–water partition coefficient (Wildman–Crippen LogP) is 16.0. The molecule has 0 aliphatic carbocycles. The van der Waals surface area contributed by atoms with Gasteiger partial charge in [-0.05, 0) is 107 Å². The Labute approximate surface area is 319 Å². The fourth-order valence-electron chi connectivity index (χ4n) is 8.98. The molecule has 0 unspecified atom stereocenters. The molecule has 54 heavy (non-hydrogen) atoms. The van der Waals surface area contributed by atoms with Crippen molar-refractivity contribution >= 4 is 106 Å². The maximum Gasteiger partial charge on any atom is 0.0434 e. The largest absolute Gasteiger partial charge is 0.135 e. The maximum absolute atomic E-state index is 2.44. The van der Waals surface area contributed by atoms with Crippen molar-refractivity contribution in [1.82, 2.24) is 0 Å². The highest BCUT2D eigenvalue weighted by Crippen LogP contribution is 2.47. The predicted molar refractivity (Wildman–Crippen MR) is 239 cm³/mol. The summed E-state index contributed by atoms with van der Waals surface area (Å²) in [5.41, 5.74) is 7.57. The van der Waals surface area contributed by atoms with E-state index in [9.17, 15) is 0 Å². The van der Waals surface area contributed by atoms with Gasteiger partial charge in [0.25, 0.3) is 0 Å². The Kier molecular flexibility index (Phi) is 6.48. The van der Waals surface area contributed by atoms with E-state index in [0.29, 0.717) is 0 Å². The number of hydrogen-bond acceptors (Lipinski definition) is 2. The van der Waals surface area contributed by atoms with Gasteiger partial charge in [-0.15, -0.1) is 22.7 Å². The van der Waals surface area contributed by atoms with Gasteiger partial charge in [0, 0.05) is 45.7 Å². The van der Waals surface area contributed by atoms with Gasteiger partial charge < -0.3 is 0 Å². The van der Waals surface area contributed by atoms with Crippen LogP contribution in [0.4, 0.5) is 0 Å². The molecule has 0 radical (unpaired) electrons. The van der Waals surface area contributed by atoms with E-state index in [-0.39, 0.29) is 0 Å². The molecule has 0 nitrogen and oxygen atoms in total. The topological polar surface area (TPSA) is 0 Å². The van der Waals surface area contributed by atoms with Crippen LogP contribution < -0.4 is 0 Å². The van der Waals surface area contributed by atoms with E-state index in [1.807, 2.05) is 22.7 Å². The Hall–Kier alpha value is -6.32. The molecule has 0 saturated carbocycles. The molecule has 0 fully saturated rings.